The second-order valence-electron chi connectivity index (χ2n) is 3.95. The molecule has 0 spiro atoms. The molecule has 0 saturated heterocycles. The summed E-state index contributed by atoms with van der Waals surface area (Å²) in [7, 11) is 0. The van der Waals surface area contributed by atoms with Crippen LogP contribution in [0.3, 0.4) is 0 Å². The first-order valence-electron chi connectivity index (χ1n) is 5.73. The number of hydrogen-bond acceptors (Lipinski definition) is 3. The molecular formula is C14H9ClFNO3S. The number of carboxylic acids is 1. The molecular weight excluding hydrogens is 317 g/mol. The molecule has 1 aromatic heterocycles. The summed E-state index contributed by atoms with van der Waals surface area (Å²) in [5.74, 6) is -2.02. The maximum atomic E-state index is 13.1. The van der Waals surface area contributed by atoms with Crippen LogP contribution in [0.25, 0.3) is 6.08 Å². The molecule has 0 radical (unpaired) electrons. The maximum Gasteiger partial charge on any atom is 0.328 e. The van der Waals surface area contributed by atoms with Gasteiger partial charge in [0.2, 0.25) is 0 Å². The molecule has 0 atom stereocenters. The van der Waals surface area contributed by atoms with Gasteiger partial charge in [-0.05, 0) is 36.4 Å². The first-order chi connectivity index (χ1) is 9.95. The highest BCUT2D eigenvalue weighted by molar-refractivity contribution is 7.15. The predicted molar refractivity (Wildman–Crippen MR) is 80.4 cm³/mol. The van der Waals surface area contributed by atoms with Gasteiger partial charge in [-0.25, -0.2) is 9.18 Å². The molecule has 0 aliphatic rings. The average Bonchev–Trinajstić information content (AvgIpc) is 2.89. The number of halogens is 2. The van der Waals surface area contributed by atoms with E-state index in [9.17, 15) is 14.0 Å². The zero-order chi connectivity index (χ0) is 15.4. The van der Waals surface area contributed by atoms with E-state index >= 15 is 0 Å². The number of hydrogen-bond donors (Lipinski definition) is 2. The number of rotatable bonds is 4. The summed E-state index contributed by atoms with van der Waals surface area (Å²) in [6.45, 7) is 0. The standard InChI is InChI=1S/C14H9ClFNO3S/c15-10-4-1-8(16)7-11(10)17-14(20)12-5-2-9(21-12)3-6-13(18)19/h1-7H,(H,17,20)(H,18,19)/b6-3+. The minimum atomic E-state index is -1.07. The van der Waals surface area contributed by atoms with Crippen molar-refractivity contribution in [2.45, 2.75) is 0 Å². The monoisotopic (exact) mass is 325 g/mol. The van der Waals surface area contributed by atoms with E-state index in [4.69, 9.17) is 16.7 Å². The van der Waals surface area contributed by atoms with Crippen LogP contribution in [0, 0.1) is 5.82 Å². The van der Waals surface area contributed by atoms with Crippen LogP contribution in [0.5, 0.6) is 0 Å². The maximum absolute atomic E-state index is 13.1. The minimum Gasteiger partial charge on any atom is -0.478 e. The molecule has 0 aliphatic heterocycles. The lowest BCUT2D eigenvalue weighted by molar-refractivity contribution is -0.131. The average molecular weight is 326 g/mol. The lowest BCUT2D eigenvalue weighted by atomic mass is 10.3. The number of carboxylic acid groups (broad SMARTS) is 1. The Hall–Kier alpha value is -2.18. The third kappa shape index (κ3) is 4.14. The third-order valence-electron chi connectivity index (χ3n) is 2.42. The number of carbonyl (C=O) groups is 2. The number of aliphatic carboxylic acids is 1. The second-order valence-corrected chi connectivity index (χ2v) is 5.47. The summed E-state index contributed by atoms with van der Waals surface area (Å²) in [6, 6.07) is 6.83. The predicted octanol–water partition coefficient (Wildman–Crippen LogP) is 3.89. The fourth-order valence-electron chi connectivity index (χ4n) is 1.50. The van der Waals surface area contributed by atoms with Crippen LogP contribution in [-0.4, -0.2) is 17.0 Å². The van der Waals surface area contributed by atoms with Crippen LogP contribution in [0.4, 0.5) is 10.1 Å². The van der Waals surface area contributed by atoms with Crippen molar-refractivity contribution >= 4 is 46.6 Å². The summed E-state index contributed by atoms with van der Waals surface area (Å²) >= 11 is 6.98. The number of anilines is 1. The molecule has 1 amide bonds. The van der Waals surface area contributed by atoms with Gasteiger partial charge < -0.3 is 10.4 Å². The Balaban J connectivity index is 2.14. The van der Waals surface area contributed by atoms with Gasteiger partial charge in [0.05, 0.1) is 15.6 Å². The number of thiophene rings is 1. The van der Waals surface area contributed by atoms with Crippen molar-refractivity contribution < 1.29 is 19.1 Å². The van der Waals surface area contributed by atoms with Gasteiger partial charge >= 0.3 is 5.97 Å². The molecule has 0 fully saturated rings. The molecule has 0 bridgehead atoms. The van der Waals surface area contributed by atoms with Gasteiger partial charge in [0.1, 0.15) is 5.82 Å². The van der Waals surface area contributed by atoms with Crippen molar-refractivity contribution in [1.29, 1.82) is 0 Å². The lowest BCUT2D eigenvalue weighted by Crippen LogP contribution is -2.10. The van der Waals surface area contributed by atoms with Crippen molar-refractivity contribution in [3.63, 3.8) is 0 Å². The molecule has 0 unspecified atom stereocenters. The molecule has 21 heavy (non-hydrogen) atoms. The molecule has 0 saturated carbocycles. The van der Waals surface area contributed by atoms with Crippen LogP contribution < -0.4 is 5.32 Å². The molecule has 1 heterocycles. The Morgan fingerprint density at radius 1 is 1.29 bits per heavy atom. The molecule has 2 N–H and O–H groups in total. The second kappa shape index (κ2) is 6.51. The topological polar surface area (TPSA) is 66.4 Å². The van der Waals surface area contributed by atoms with Gasteiger partial charge in [0.25, 0.3) is 5.91 Å². The van der Waals surface area contributed by atoms with Gasteiger partial charge in [0, 0.05) is 11.0 Å². The Morgan fingerprint density at radius 2 is 2.05 bits per heavy atom. The minimum absolute atomic E-state index is 0.178. The van der Waals surface area contributed by atoms with E-state index < -0.39 is 17.7 Å². The van der Waals surface area contributed by atoms with Gasteiger partial charge in [-0.15, -0.1) is 11.3 Å². The third-order valence-corrected chi connectivity index (χ3v) is 3.80. The van der Waals surface area contributed by atoms with Crippen LogP contribution in [-0.2, 0) is 4.79 Å². The van der Waals surface area contributed by atoms with E-state index in [2.05, 4.69) is 5.32 Å². The highest BCUT2D eigenvalue weighted by Gasteiger charge is 2.11. The number of amides is 1. The van der Waals surface area contributed by atoms with E-state index in [0.29, 0.717) is 9.75 Å². The SMILES string of the molecule is O=C(O)/C=C/c1ccc(C(=O)Nc2cc(F)ccc2Cl)s1. The Bertz CT molecular complexity index is 727. The summed E-state index contributed by atoms with van der Waals surface area (Å²) in [5, 5.41) is 11.3. The molecule has 108 valence electrons. The van der Waals surface area contributed by atoms with Gasteiger partial charge in [-0.1, -0.05) is 11.6 Å². The van der Waals surface area contributed by atoms with E-state index in [1.165, 1.54) is 18.2 Å². The van der Waals surface area contributed by atoms with Gasteiger partial charge in [-0.2, -0.15) is 0 Å². The molecule has 1 aromatic carbocycles. The summed E-state index contributed by atoms with van der Waals surface area (Å²) in [4.78, 5) is 23.4. The van der Waals surface area contributed by atoms with Crippen LogP contribution >= 0.6 is 22.9 Å². The van der Waals surface area contributed by atoms with Crippen LogP contribution in [0.1, 0.15) is 14.5 Å². The smallest absolute Gasteiger partial charge is 0.328 e. The van der Waals surface area contributed by atoms with E-state index in [-0.39, 0.29) is 10.7 Å². The highest BCUT2D eigenvalue weighted by Crippen LogP contribution is 2.25. The number of carbonyl (C=O) groups excluding carboxylic acids is 1. The fourth-order valence-corrected chi connectivity index (χ4v) is 2.47. The summed E-state index contributed by atoms with van der Waals surface area (Å²) in [6.07, 6.45) is 2.37. The van der Waals surface area contributed by atoms with Crippen molar-refractivity contribution in [2.24, 2.45) is 0 Å². The van der Waals surface area contributed by atoms with Crippen molar-refractivity contribution in [3.05, 3.63) is 57.0 Å². The molecule has 4 nitrogen and oxygen atoms in total. The Kier molecular flexibility index (Phi) is 4.72. The summed E-state index contributed by atoms with van der Waals surface area (Å²) < 4.78 is 13.1. The summed E-state index contributed by atoms with van der Waals surface area (Å²) in [5.41, 5.74) is 0.178. The first kappa shape index (κ1) is 15.2. The molecule has 2 rings (SSSR count). The number of nitrogens with one attached hydrogen (secondary N) is 1. The normalized spacial score (nSPS) is 10.8. The zero-order valence-corrected chi connectivity index (χ0v) is 12.0. The molecule has 0 aliphatic carbocycles. The quantitative estimate of drug-likeness (QED) is 0.838. The lowest BCUT2D eigenvalue weighted by Gasteiger charge is -2.05. The largest absolute Gasteiger partial charge is 0.478 e. The van der Waals surface area contributed by atoms with Gasteiger partial charge in [0.15, 0.2) is 0 Å². The van der Waals surface area contributed by atoms with Gasteiger partial charge in [-0.3, -0.25) is 4.79 Å². The Labute approximate surface area is 128 Å². The first-order valence-corrected chi connectivity index (χ1v) is 6.92. The van der Waals surface area contributed by atoms with Crippen molar-refractivity contribution in [1.82, 2.24) is 0 Å². The van der Waals surface area contributed by atoms with Crippen molar-refractivity contribution in [2.75, 3.05) is 5.32 Å². The Morgan fingerprint density at radius 3 is 2.76 bits per heavy atom. The van der Waals surface area contributed by atoms with Crippen LogP contribution in [0.15, 0.2) is 36.4 Å². The van der Waals surface area contributed by atoms with Crippen LogP contribution in [0.2, 0.25) is 5.02 Å². The molecule has 7 heteroatoms. The number of benzene rings is 1. The zero-order valence-electron chi connectivity index (χ0n) is 10.5. The van der Waals surface area contributed by atoms with E-state index in [1.54, 1.807) is 12.1 Å². The van der Waals surface area contributed by atoms with E-state index in [1.807, 2.05) is 0 Å². The molecule has 2 aromatic rings. The highest BCUT2D eigenvalue weighted by atomic mass is 35.5. The van der Waals surface area contributed by atoms with E-state index in [0.717, 1.165) is 23.5 Å². The van der Waals surface area contributed by atoms with Crippen molar-refractivity contribution in [3.8, 4) is 0 Å². The fraction of sp³-hybridized carbons (Fsp3) is 0.